The first-order chi connectivity index (χ1) is 14.2. The zero-order valence-corrected chi connectivity index (χ0v) is 18.2. The molecule has 6 nitrogen and oxygen atoms in total. The zero-order chi connectivity index (χ0) is 21.5. The smallest absolute Gasteiger partial charge is 0.325 e. The monoisotopic (exact) mass is 463 g/mol. The first-order valence-corrected chi connectivity index (χ1v) is 11.7. The van der Waals surface area contributed by atoms with Crippen LogP contribution in [0.4, 0.5) is 0 Å². The molecule has 1 heterocycles. The molecule has 1 fully saturated rings. The highest BCUT2D eigenvalue weighted by molar-refractivity contribution is 7.91. The van der Waals surface area contributed by atoms with Crippen LogP contribution in [0.1, 0.15) is 17.9 Å². The number of nitrogens with one attached hydrogen (secondary N) is 1. The molecule has 0 radical (unpaired) electrons. The van der Waals surface area contributed by atoms with E-state index in [1.807, 2.05) is 0 Å². The Balaban J connectivity index is 1.60. The number of hydrogen-bond acceptors (Lipinski definition) is 5. The molecule has 1 saturated carbocycles. The molecular weight excluding hydrogens is 446 g/mol. The van der Waals surface area contributed by atoms with Gasteiger partial charge in [0.2, 0.25) is 0 Å². The number of carboxylic acid groups (broad SMARTS) is 1. The first-order valence-electron chi connectivity index (χ1n) is 9.02. The number of halogens is 1. The molecule has 0 saturated heterocycles. The number of ether oxygens (including phenoxy) is 1. The predicted octanol–water partition coefficient (Wildman–Crippen LogP) is 4.37. The molecule has 0 amide bonds. The number of aliphatic carboxylic acids is 1. The van der Waals surface area contributed by atoms with Crippen molar-refractivity contribution in [2.75, 3.05) is 7.11 Å². The number of methoxy groups -OCH3 is 1. The van der Waals surface area contributed by atoms with Gasteiger partial charge in [0.1, 0.15) is 15.5 Å². The van der Waals surface area contributed by atoms with Crippen LogP contribution in [0, 0.1) is 0 Å². The fourth-order valence-electron chi connectivity index (χ4n) is 3.44. The fraction of sp³-hybridized carbons (Fsp3) is 0.190. The van der Waals surface area contributed by atoms with Gasteiger partial charge in [-0.05, 0) is 53.9 Å². The van der Waals surface area contributed by atoms with Crippen LogP contribution in [0.2, 0.25) is 5.02 Å². The van der Waals surface area contributed by atoms with Gasteiger partial charge >= 0.3 is 5.97 Å². The van der Waals surface area contributed by atoms with Crippen LogP contribution in [-0.2, 0) is 14.8 Å². The molecule has 1 unspecified atom stereocenters. The van der Waals surface area contributed by atoms with Crippen LogP contribution in [0.15, 0.2) is 64.9 Å². The summed E-state index contributed by atoms with van der Waals surface area (Å²) >= 11 is 6.98. The van der Waals surface area contributed by atoms with Gasteiger partial charge in [-0.2, -0.15) is 4.72 Å². The van der Waals surface area contributed by atoms with E-state index in [0.717, 1.165) is 21.8 Å². The minimum atomic E-state index is -4.02. The summed E-state index contributed by atoms with van der Waals surface area (Å²) in [5, 5.41) is 10.4. The Hall–Kier alpha value is -2.39. The largest absolute Gasteiger partial charge is 0.497 e. The van der Waals surface area contributed by atoms with Crippen LogP contribution in [0.25, 0.3) is 10.4 Å². The zero-order valence-electron chi connectivity index (χ0n) is 15.8. The molecule has 0 spiro atoms. The van der Waals surface area contributed by atoms with Crippen molar-refractivity contribution in [2.24, 2.45) is 0 Å². The topological polar surface area (TPSA) is 92.7 Å². The van der Waals surface area contributed by atoms with Gasteiger partial charge in [0.25, 0.3) is 10.0 Å². The summed E-state index contributed by atoms with van der Waals surface area (Å²) < 4.78 is 33.7. The lowest BCUT2D eigenvalue weighted by Gasteiger charge is -2.15. The van der Waals surface area contributed by atoms with E-state index in [-0.39, 0.29) is 10.6 Å². The second-order valence-electron chi connectivity index (χ2n) is 7.04. The van der Waals surface area contributed by atoms with Crippen molar-refractivity contribution in [3.63, 3.8) is 0 Å². The van der Waals surface area contributed by atoms with Crippen LogP contribution in [0.3, 0.4) is 0 Å². The highest BCUT2D eigenvalue weighted by atomic mass is 35.5. The average molecular weight is 464 g/mol. The Morgan fingerprint density at radius 2 is 1.93 bits per heavy atom. The normalized spacial score (nSPS) is 20.7. The molecule has 9 heteroatoms. The molecule has 4 rings (SSSR count). The summed E-state index contributed by atoms with van der Waals surface area (Å²) in [6, 6.07) is 17.2. The van der Waals surface area contributed by atoms with E-state index in [1.54, 1.807) is 54.6 Å². The van der Waals surface area contributed by atoms with E-state index in [1.165, 1.54) is 13.2 Å². The lowest BCUT2D eigenvalue weighted by Crippen LogP contribution is -2.44. The third kappa shape index (κ3) is 3.83. The Morgan fingerprint density at radius 1 is 1.20 bits per heavy atom. The molecule has 3 aromatic rings. The highest BCUT2D eigenvalue weighted by Crippen LogP contribution is 2.53. The molecule has 1 aromatic heterocycles. The van der Waals surface area contributed by atoms with Crippen molar-refractivity contribution in [1.29, 1.82) is 0 Å². The number of carboxylic acids is 1. The van der Waals surface area contributed by atoms with Crippen molar-refractivity contribution < 1.29 is 23.1 Å². The van der Waals surface area contributed by atoms with E-state index in [2.05, 4.69) is 4.72 Å². The van der Waals surface area contributed by atoms with Gasteiger partial charge in [0.15, 0.2) is 0 Å². The Kier molecular flexibility index (Phi) is 5.36. The maximum Gasteiger partial charge on any atom is 0.325 e. The summed E-state index contributed by atoms with van der Waals surface area (Å²) in [4.78, 5) is 12.8. The molecular formula is C21H18ClNO5S2. The van der Waals surface area contributed by atoms with Crippen LogP contribution in [-0.4, -0.2) is 32.1 Å². The molecule has 2 atom stereocenters. The minimum Gasteiger partial charge on any atom is -0.497 e. The third-order valence-electron chi connectivity index (χ3n) is 5.13. The number of hydrogen-bond donors (Lipinski definition) is 2. The lowest BCUT2D eigenvalue weighted by atomic mass is 10.1. The van der Waals surface area contributed by atoms with Gasteiger partial charge in [-0.15, -0.1) is 11.3 Å². The maximum atomic E-state index is 13.0. The van der Waals surface area contributed by atoms with Crippen molar-refractivity contribution in [3.8, 4) is 16.2 Å². The Bertz CT molecular complexity index is 1210. The SMILES string of the molecule is COc1cccc([C@@H]2CC2(NS(=O)(=O)c2ccc(-c3ccc(Cl)cc3)s2)C(=O)O)c1. The molecule has 2 aromatic carbocycles. The quantitative estimate of drug-likeness (QED) is 0.542. The number of rotatable bonds is 7. The van der Waals surface area contributed by atoms with E-state index in [4.69, 9.17) is 16.3 Å². The average Bonchev–Trinajstić information content (AvgIpc) is 3.22. The van der Waals surface area contributed by atoms with E-state index in [0.29, 0.717) is 16.3 Å². The summed E-state index contributed by atoms with van der Waals surface area (Å²) in [5.74, 6) is -1.09. The molecule has 1 aliphatic carbocycles. The van der Waals surface area contributed by atoms with E-state index in [9.17, 15) is 18.3 Å². The van der Waals surface area contributed by atoms with Gasteiger partial charge in [0.05, 0.1) is 7.11 Å². The van der Waals surface area contributed by atoms with Gasteiger partial charge < -0.3 is 9.84 Å². The Morgan fingerprint density at radius 3 is 2.60 bits per heavy atom. The van der Waals surface area contributed by atoms with Crippen LogP contribution < -0.4 is 9.46 Å². The molecule has 30 heavy (non-hydrogen) atoms. The molecule has 2 N–H and O–H groups in total. The second-order valence-corrected chi connectivity index (χ2v) is 10.5. The van der Waals surface area contributed by atoms with E-state index >= 15 is 0 Å². The summed E-state index contributed by atoms with van der Waals surface area (Å²) in [6.07, 6.45) is 0.171. The van der Waals surface area contributed by atoms with Crippen molar-refractivity contribution in [1.82, 2.24) is 4.72 Å². The highest BCUT2D eigenvalue weighted by Gasteiger charge is 2.63. The predicted molar refractivity (Wildman–Crippen MR) is 116 cm³/mol. The van der Waals surface area contributed by atoms with Crippen molar-refractivity contribution in [3.05, 3.63) is 71.2 Å². The molecule has 0 aliphatic heterocycles. The number of benzene rings is 2. The minimum absolute atomic E-state index is 0.0596. The van der Waals surface area contributed by atoms with Gasteiger partial charge in [-0.3, -0.25) is 4.79 Å². The molecule has 156 valence electrons. The standard InChI is InChI=1S/C21H18ClNO5S2/c1-28-16-4-2-3-14(11-16)17-12-21(17,20(24)25)23-30(26,27)19-10-9-18(29-19)13-5-7-15(22)8-6-13/h2-11,17,23H,12H2,1H3,(H,24,25)/t17-,21?/m0/s1. The van der Waals surface area contributed by atoms with Crippen molar-refractivity contribution >= 4 is 38.9 Å². The van der Waals surface area contributed by atoms with E-state index < -0.39 is 27.4 Å². The van der Waals surface area contributed by atoms with Crippen molar-refractivity contribution in [2.45, 2.75) is 22.1 Å². The van der Waals surface area contributed by atoms with Gasteiger partial charge in [-0.1, -0.05) is 35.9 Å². The first kappa shape index (κ1) is 20.9. The number of carbonyl (C=O) groups is 1. The fourth-order valence-corrected chi connectivity index (χ4v) is 6.28. The number of sulfonamides is 1. The Labute approximate surface area is 183 Å². The van der Waals surface area contributed by atoms with Gasteiger partial charge in [0, 0.05) is 15.8 Å². The lowest BCUT2D eigenvalue weighted by molar-refractivity contribution is -0.140. The summed E-state index contributed by atoms with van der Waals surface area (Å²) in [5.41, 5.74) is -0.0257. The second kappa shape index (κ2) is 7.70. The third-order valence-corrected chi connectivity index (χ3v) is 8.52. The number of thiophene rings is 1. The summed E-state index contributed by atoms with van der Waals surface area (Å²) in [6.45, 7) is 0. The van der Waals surface area contributed by atoms with Crippen LogP contribution >= 0.6 is 22.9 Å². The summed E-state index contributed by atoms with van der Waals surface area (Å²) in [7, 11) is -2.50. The molecule has 0 bridgehead atoms. The van der Waals surface area contributed by atoms with Gasteiger partial charge in [-0.25, -0.2) is 8.42 Å². The maximum absolute atomic E-state index is 13.0. The van der Waals surface area contributed by atoms with Crippen LogP contribution in [0.5, 0.6) is 5.75 Å². The molecule has 1 aliphatic rings.